The maximum atomic E-state index is 12.4. The van der Waals surface area contributed by atoms with Crippen LogP contribution in [0.4, 0.5) is 0 Å². The Morgan fingerprint density at radius 2 is 2.30 bits per heavy atom. The number of amides is 1. The molecule has 2 saturated heterocycles. The maximum absolute atomic E-state index is 12.4. The Hall–Kier alpha value is -1.55. The first kappa shape index (κ1) is 13.4. The molecule has 1 amide bonds. The van der Waals surface area contributed by atoms with Gasteiger partial charge in [0.05, 0.1) is 19.1 Å². The van der Waals surface area contributed by atoms with Gasteiger partial charge in [0.15, 0.2) is 0 Å². The molecule has 2 heterocycles. The van der Waals surface area contributed by atoms with Crippen molar-refractivity contribution in [1.82, 2.24) is 10.6 Å². The molecule has 1 aromatic rings. The van der Waals surface area contributed by atoms with Gasteiger partial charge in [0, 0.05) is 12.1 Å². The molecule has 1 aromatic carbocycles. The van der Waals surface area contributed by atoms with Crippen LogP contribution >= 0.6 is 0 Å². The first-order chi connectivity index (χ1) is 9.67. The molecule has 0 aliphatic carbocycles. The second-order valence-electron chi connectivity index (χ2n) is 5.90. The molecule has 3 unspecified atom stereocenters. The number of carbonyl (C=O) groups excluding carboxylic acids is 1. The Bertz CT molecular complexity index is 503. The van der Waals surface area contributed by atoms with E-state index in [9.17, 15) is 4.79 Å². The van der Waals surface area contributed by atoms with E-state index in [1.54, 1.807) is 7.11 Å². The smallest absolute Gasteiger partial charge is 0.225 e. The van der Waals surface area contributed by atoms with Crippen LogP contribution < -0.4 is 15.4 Å². The van der Waals surface area contributed by atoms with Gasteiger partial charge in [-0.1, -0.05) is 12.1 Å². The van der Waals surface area contributed by atoms with Crippen molar-refractivity contribution in [2.75, 3.05) is 7.11 Å². The molecule has 3 rings (SSSR count). The first-order valence-electron chi connectivity index (χ1n) is 7.37. The van der Waals surface area contributed by atoms with E-state index in [0.29, 0.717) is 12.1 Å². The fourth-order valence-corrected chi connectivity index (χ4v) is 3.43. The molecule has 2 fully saturated rings. The number of benzene rings is 1. The third-order valence-corrected chi connectivity index (χ3v) is 4.59. The molecule has 2 aliphatic rings. The van der Waals surface area contributed by atoms with Crippen molar-refractivity contribution in [3.05, 3.63) is 29.8 Å². The molecule has 108 valence electrons. The Kier molecular flexibility index (Phi) is 3.66. The summed E-state index contributed by atoms with van der Waals surface area (Å²) >= 11 is 0. The standard InChI is InChI=1S/C16H22N2O2/c1-10(11-4-3-5-13(8-11)20-2)17-16(19)14-9-12-6-7-15(14)18-12/h3-5,8,10,12,14-15,18H,6-7,9H2,1-2H3,(H,17,19)/t10-,12?,14?,15?/m0/s1. The van der Waals surface area contributed by atoms with Crippen molar-refractivity contribution in [1.29, 1.82) is 0 Å². The van der Waals surface area contributed by atoms with E-state index < -0.39 is 0 Å². The zero-order valence-corrected chi connectivity index (χ0v) is 12.1. The summed E-state index contributed by atoms with van der Waals surface area (Å²) in [5.41, 5.74) is 1.08. The number of rotatable bonds is 4. The van der Waals surface area contributed by atoms with Crippen LogP contribution in [-0.4, -0.2) is 25.1 Å². The molecule has 0 saturated carbocycles. The summed E-state index contributed by atoms with van der Waals surface area (Å²) in [7, 11) is 1.66. The lowest BCUT2D eigenvalue weighted by atomic mass is 9.88. The van der Waals surface area contributed by atoms with Crippen LogP contribution in [0.1, 0.15) is 37.8 Å². The molecule has 2 aliphatic heterocycles. The minimum Gasteiger partial charge on any atom is -0.497 e. The summed E-state index contributed by atoms with van der Waals surface area (Å²) in [5, 5.41) is 6.65. The maximum Gasteiger partial charge on any atom is 0.225 e. The number of ether oxygens (including phenoxy) is 1. The van der Waals surface area contributed by atoms with E-state index in [1.165, 1.54) is 6.42 Å². The van der Waals surface area contributed by atoms with E-state index in [-0.39, 0.29) is 17.9 Å². The largest absolute Gasteiger partial charge is 0.497 e. The number of nitrogens with one attached hydrogen (secondary N) is 2. The zero-order valence-electron chi connectivity index (χ0n) is 12.1. The first-order valence-corrected chi connectivity index (χ1v) is 7.37. The van der Waals surface area contributed by atoms with Crippen LogP contribution in [0, 0.1) is 5.92 Å². The zero-order chi connectivity index (χ0) is 14.1. The van der Waals surface area contributed by atoms with E-state index in [2.05, 4.69) is 10.6 Å². The lowest BCUT2D eigenvalue weighted by molar-refractivity contribution is -0.126. The Balaban J connectivity index is 1.63. The van der Waals surface area contributed by atoms with Crippen LogP contribution in [0.15, 0.2) is 24.3 Å². The normalized spacial score (nSPS) is 29.2. The second-order valence-corrected chi connectivity index (χ2v) is 5.90. The third kappa shape index (κ3) is 2.52. The highest BCUT2D eigenvalue weighted by molar-refractivity contribution is 5.80. The van der Waals surface area contributed by atoms with Gasteiger partial charge in [-0.3, -0.25) is 4.79 Å². The summed E-state index contributed by atoms with van der Waals surface area (Å²) in [6.07, 6.45) is 3.34. The van der Waals surface area contributed by atoms with Gasteiger partial charge in [-0.2, -0.15) is 0 Å². The topological polar surface area (TPSA) is 50.4 Å². The Labute approximate surface area is 119 Å². The predicted octanol–water partition coefficient (Wildman–Crippen LogP) is 2.01. The number of carbonyl (C=O) groups is 1. The predicted molar refractivity (Wildman–Crippen MR) is 77.6 cm³/mol. The molecule has 0 radical (unpaired) electrons. The minimum atomic E-state index is 0.0109. The quantitative estimate of drug-likeness (QED) is 0.883. The van der Waals surface area contributed by atoms with Gasteiger partial charge >= 0.3 is 0 Å². The lowest BCUT2D eigenvalue weighted by Gasteiger charge is -2.22. The van der Waals surface area contributed by atoms with Gasteiger partial charge in [0.2, 0.25) is 5.91 Å². The summed E-state index contributed by atoms with van der Waals surface area (Å²) in [6, 6.07) is 8.82. The van der Waals surface area contributed by atoms with Crippen molar-refractivity contribution in [2.24, 2.45) is 5.92 Å². The van der Waals surface area contributed by atoms with Gasteiger partial charge in [-0.05, 0) is 43.9 Å². The fraction of sp³-hybridized carbons (Fsp3) is 0.562. The molecule has 4 atom stereocenters. The number of hydrogen-bond acceptors (Lipinski definition) is 3. The van der Waals surface area contributed by atoms with E-state index >= 15 is 0 Å². The number of methoxy groups -OCH3 is 1. The van der Waals surface area contributed by atoms with Gasteiger partial charge < -0.3 is 15.4 Å². The van der Waals surface area contributed by atoms with Gasteiger partial charge in [0.25, 0.3) is 0 Å². The molecule has 2 N–H and O–H groups in total. The van der Waals surface area contributed by atoms with Crippen LogP contribution in [-0.2, 0) is 4.79 Å². The summed E-state index contributed by atoms with van der Waals surface area (Å²) in [4.78, 5) is 12.4. The van der Waals surface area contributed by atoms with Crippen LogP contribution in [0.5, 0.6) is 5.75 Å². The van der Waals surface area contributed by atoms with Gasteiger partial charge in [-0.25, -0.2) is 0 Å². The van der Waals surface area contributed by atoms with Gasteiger partial charge in [-0.15, -0.1) is 0 Å². The average Bonchev–Trinajstić information content (AvgIpc) is 3.10. The molecule has 2 bridgehead atoms. The SMILES string of the molecule is COc1cccc([C@H](C)NC(=O)C2CC3CCC2N3)c1. The van der Waals surface area contributed by atoms with Crippen LogP contribution in [0.25, 0.3) is 0 Å². The average molecular weight is 274 g/mol. The highest BCUT2D eigenvalue weighted by Gasteiger charge is 2.42. The van der Waals surface area contributed by atoms with Crippen molar-refractivity contribution < 1.29 is 9.53 Å². The second kappa shape index (κ2) is 5.44. The van der Waals surface area contributed by atoms with E-state index in [1.807, 2.05) is 31.2 Å². The number of hydrogen-bond donors (Lipinski definition) is 2. The van der Waals surface area contributed by atoms with E-state index in [0.717, 1.165) is 24.2 Å². The van der Waals surface area contributed by atoms with E-state index in [4.69, 9.17) is 4.74 Å². The van der Waals surface area contributed by atoms with Crippen molar-refractivity contribution >= 4 is 5.91 Å². The van der Waals surface area contributed by atoms with Crippen molar-refractivity contribution in [3.8, 4) is 5.75 Å². The highest BCUT2D eigenvalue weighted by atomic mass is 16.5. The molecule has 4 nitrogen and oxygen atoms in total. The molecule has 0 spiro atoms. The molecule has 0 aromatic heterocycles. The third-order valence-electron chi connectivity index (χ3n) is 4.59. The van der Waals surface area contributed by atoms with Crippen LogP contribution in [0.3, 0.4) is 0 Å². The minimum absolute atomic E-state index is 0.0109. The lowest BCUT2D eigenvalue weighted by Crippen LogP contribution is -2.38. The van der Waals surface area contributed by atoms with Crippen molar-refractivity contribution in [2.45, 2.75) is 44.3 Å². The molecular weight excluding hydrogens is 252 g/mol. The summed E-state index contributed by atoms with van der Waals surface area (Å²) < 4.78 is 5.23. The monoisotopic (exact) mass is 274 g/mol. The fourth-order valence-electron chi connectivity index (χ4n) is 3.43. The van der Waals surface area contributed by atoms with Crippen molar-refractivity contribution in [3.63, 3.8) is 0 Å². The molecule has 20 heavy (non-hydrogen) atoms. The van der Waals surface area contributed by atoms with Gasteiger partial charge in [0.1, 0.15) is 5.75 Å². The summed E-state index contributed by atoms with van der Waals surface area (Å²) in [5.74, 6) is 1.15. The van der Waals surface area contributed by atoms with Crippen LogP contribution in [0.2, 0.25) is 0 Å². The highest BCUT2D eigenvalue weighted by Crippen LogP contribution is 2.33. The Morgan fingerprint density at radius 1 is 1.45 bits per heavy atom. The molecule has 4 heteroatoms. The summed E-state index contributed by atoms with van der Waals surface area (Å²) in [6.45, 7) is 2.02. The Morgan fingerprint density at radius 3 is 2.95 bits per heavy atom. The molecular formula is C16H22N2O2. The number of fused-ring (bicyclic) bond motifs is 2.